The molecule has 0 saturated carbocycles. The van der Waals surface area contributed by atoms with E-state index < -0.39 is 0 Å². The standard InChI is InChI=1S/C13H20Br2S/c1-11(2)8-13(9-14,10-15)6-5-12-4-3-7-16-12/h3-4,7,11H,5-6,8-10H2,1-2H3. The summed E-state index contributed by atoms with van der Waals surface area (Å²) >= 11 is 9.27. The zero-order chi connectivity index (χ0) is 12.0. The molecule has 0 fully saturated rings. The van der Waals surface area contributed by atoms with Gasteiger partial charge in [0.15, 0.2) is 0 Å². The SMILES string of the molecule is CC(C)CC(CBr)(CBr)CCc1cccs1. The second kappa shape index (κ2) is 7.17. The van der Waals surface area contributed by atoms with E-state index >= 15 is 0 Å². The molecule has 1 aromatic rings. The third-order valence-electron chi connectivity index (χ3n) is 2.89. The van der Waals surface area contributed by atoms with E-state index in [1.54, 1.807) is 0 Å². The molecule has 0 N–H and O–H groups in total. The van der Waals surface area contributed by atoms with E-state index in [1.807, 2.05) is 11.3 Å². The van der Waals surface area contributed by atoms with Crippen molar-refractivity contribution in [1.82, 2.24) is 0 Å². The lowest BCUT2D eigenvalue weighted by Gasteiger charge is -2.31. The molecule has 1 rings (SSSR count). The number of thiophene rings is 1. The van der Waals surface area contributed by atoms with Crippen molar-refractivity contribution in [2.45, 2.75) is 33.1 Å². The van der Waals surface area contributed by atoms with Crippen LogP contribution >= 0.6 is 43.2 Å². The normalized spacial score (nSPS) is 12.3. The Bertz CT molecular complexity index is 276. The molecule has 0 spiro atoms. The molecule has 0 bridgehead atoms. The summed E-state index contributed by atoms with van der Waals surface area (Å²) in [5, 5.41) is 4.35. The molecule has 0 radical (unpaired) electrons. The lowest BCUT2D eigenvalue weighted by Crippen LogP contribution is -2.27. The van der Waals surface area contributed by atoms with Crippen LogP contribution in [0.25, 0.3) is 0 Å². The van der Waals surface area contributed by atoms with Crippen molar-refractivity contribution in [3.63, 3.8) is 0 Å². The zero-order valence-corrected chi connectivity index (χ0v) is 14.0. The molecule has 0 aliphatic carbocycles. The van der Waals surface area contributed by atoms with Gasteiger partial charge in [0.2, 0.25) is 0 Å². The molecule has 0 nitrogen and oxygen atoms in total. The minimum Gasteiger partial charge on any atom is -0.149 e. The molecule has 0 amide bonds. The summed E-state index contributed by atoms with van der Waals surface area (Å²) in [6.45, 7) is 4.62. The molecule has 0 aromatic carbocycles. The molecular formula is C13H20Br2S. The van der Waals surface area contributed by atoms with Crippen LogP contribution in [0, 0.1) is 11.3 Å². The predicted molar refractivity (Wildman–Crippen MR) is 82.1 cm³/mol. The Balaban J connectivity index is 2.56. The first-order valence-corrected chi connectivity index (χ1v) is 8.88. The molecule has 0 unspecified atom stereocenters. The fourth-order valence-electron chi connectivity index (χ4n) is 2.09. The van der Waals surface area contributed by atoms with Crippen molar-refractivity contribution in [1.29, 1.82) is 0 Å². The highest BCUT2D eigenvalue weighted by Gasteiger charge is 2.28. The van der Waals surface area contributed by atoms with Crippen molar-refractivity contribution in [2.24, 2.45) is 11.3 Å². The van der Waals surface area contributed by atoms with Crippen LogP contribution in [0.15, 0.2) is 17.5 Å². The van der Waals surface area contributed by atoms with Crippen LogP contribution in [0.4, 0.5) is 0 Å². The number of hydrogen-bond acceptors (Lipinski definition) is 1. The van der Waals surface area contributed by atoms with Gasteiger partial charge >= 0.3 is 0 Å². The first-order chi connectivity index (χ1) is 7.62. The smallest absolute Gasteiger partial charge is 0.00961 e. The molecule has 92 valence electrons. The van der Waals surface area contributed by atoms with E-state index in [-0.39, 0.29) is 0 Å². The third kappa shape index (κ3) is 4.50. The molecule has 1 aromatic heterocycles. The topological polar surface area (TPSA) is 0 Å². The van der Waals surface area contributed by atoms with Crippen molar-refractivity contribution < 1.29 is 0 Å². The minimum atomic E-state index is 0.415. The third-order valence-corrected chi connectivity index (χ3v) is 6.21. The summed E-state index contributed by atoms with van der Waals surface area (Å²) in [4.78, 5) is 1.51. The van der Waals surface area contributed by atoms with E-state index in [2.05, 4.69) is 63.2 Å². The second-order valence-corrected chi connectivity index (χ2v) is 7.10. The van der Waals surface area contributed by atoms with Crippen molar-refractivity contribution in [2.75, 3.05) is 10.7 Å². The summed E-state index contributed by atoms with van der Waals surface area (Å²) in [5.74, 6) is 0.762. The Morgan fingerprint density at radius 2 is 2.00 bits per heavy atom. The first kappa shape index (κ1) is 14.7. The highest BCUT2D eigenvalue weighted by molar-refractivity contribution is 9.09. The van der Waals surface area contributed by atoms with Crippen LogP contribution in [0.5, 0.6) is 0 Å². The first-order valence-electron chi connectivity index (χ1n) is 5.76. The van der Waals surface area contributed by atoms with Gasteiger partial charge in [-0.15, -0.1) is 11.3 Å². The molecular weight excluding hydrogens is 348 g/mol. The fourth-order valence-corrected chi connectivity index (χ4v) is 4.75. The molecule has 0 atom stereocenters. The van der Waals surface area contributed by atoms with E-state index in [0.29, 0.717) is 5.41 Å². The van der Waals surface area contributed by atoms with Crippen LogP contribution in [0.1, 0.15) is 31.6 Å². The lowest BCUT2D eigenvalue weighted by molar-refractivity contribution is 0.285. The average molecular weight is 368 g/mol. The molecule has 0 saturated heterocycles. The van der Waals surface area contributed by atoms with Gasteiger partial charge in [0.1, 0.15) is 0 Å². The molecule has 0 aliphatic heterocycles. The van der Waals surface area contributed by atoms with Crippen molar-refractivity contribution in [3.05, 3.63) is 22.4 Å². The Morgan fingerprint density at radius 3 is 2.44 bits per heavy atom. The highest BCUT2D eigenvalue weighted by atomic mass is 79.9. The van der Waals surface area contributed by atoms with Crippen LogP contribution < -0.4 is 0 Å². The number of alkyl halides is 2. The van der Waals surface area contributed by atoms with Gasteiger partial charge in [-0.2, -0.15) is 0 Å². The number of hydrogen-bond donors (Lipinski definition) is 0. The molecule has 16 heavy (non-hydrogen) atoms. The minimum absolute atomic E-state index is 0.415. The Hall–Kier alpha value is 0.660. The number of rotatable bonds is 7. The maximum Gasteiger partial charge on any atom is 0.00961 e. The Kier molecular flexibility index (Phi) is 6.60. The molecule has 3 heteroatoms. The summed E-state index contributed by atoms with van der Waals surface area (Å²) < 4.78 is 0. The Labute approximate surface area is 120 Å². The van der Waals surface area contributed by atoms with Gasteiger partial charge in [0.25, 0.3) is 0 Å². The monoisotopic (exact) mass is 366 g/mol. The van der Waals surface area contributed by atoms with Crippen LogP contribution in [0.2, 0.25) is 0 Å². The number of aryl methyl sites for hydroxylation is 1. The van der Waals surface area contributed by atoms with E-state index in [0.717, 1.165) is 16.6 Å². The van der Waals surface area contributed by atoms with Gasteiger partial charge in [-0.05, 0) is 42.0 Å². The predicted octanol–water partition coefficient (Wildman–Crippen LogP) is 5.50. The van der Waals surface area contributed by atoms with Crippen LogP contribution in [-0.4, -0.2) is 10.7 Å². The van der Waals surface area contributed by atoms with Crippen LogP contribution in [0.3, 0.4) is 0 Å². The zero-order valence-electron chi connectivity index (χ0n) is 10.0. The highest BCUT2D eigenvalue weighted by Crippen LogP contribution is 2.36. The summed E-state index contributed by atoms with van der Waals surface area (Å²) in [6.07, 6.45) is 3.76. The van der Waals surface area contributed by atoms with Gasteiger partial charge in [0, 0.05) is 15.5 Å². The fraction of sp³-hybridized carbons (Fsp3) is 0.692. The van der Waals surface area contributed by atoms with Crippen molar-refractivity contribution >= 4 is 43.2 Å². The lowest BCUT2D eigenvalue weighted by atomic mass is 9.80. The largest absolute Gasteiger partial charge is 0.149 e. The summed E-state index contributed by atoms with van der Waals surface area (Å²) in [6, 6.07) is 4.39. The number of halogens is 2. The maximum atomic E-state index is 3.70. The quantitative estimate of drug-likeness (QED) is 0.558. The maximum absolute atomic E-state index is 3.70. The second-order valence-electron chi connectivity index (χ2n) is 4.94. The Morgan fingerprint density at radius 1 is 1.31 bits per heavy atom. The van der Waals surface area contributed by atoms with E-state index in [4.69, 9.17) is 0 Å². The van der Waals surface area contributed by atoms with E-state index in [1.165, 1.54) is 24.1 Å². The van der Waals surface area contributed by atoms with Gasteiger partial charge in [0.05, 0.1) is 0 Å². The van der Waals surface area contributed by atoms with E-state index in [9.17, 15) is 0 Å². The summed E-state index contributed by atoms with van der Waals surface area (Å²) in [7, 11) is 0. The molecule has 0 aliphatic rings. The average Bonchev–Trinajstić information content (AvgIpc) is 2.77. The van der Waals surface area contributed by atoms with Gasteiger partial charge in [-0.25, -0.2) is 0 Å². The van der Waals surface area contributed by atoms with Crippen molar-refractivity contribution in [3.8, 4) is 0 Å². The van der Waals surface area contributed by atoms with Gasteiger partial charge in [-0.3, -0.25) is 0 Å². The summed E-state index contributed by atoms with van der Waals surface area (Å²) in [5.41, 5.74) is 0.415. The van der Waals surface area contributed by atoms with Gasteiger partial charge < -0.3 is 0 Å². The van der Waals surface area contributed by atoms with Gasteiger partial charge in [-0.1, -0.05) is 51.8 Å². The molecule has 1 heterocycles. The van der Waals surface area contributed by atoms with Crippen LogP contribution in [-0.2, 0) is 6.42 Å².